The molecule has 0 aliphatic rings. The summed E-state index contributed by atoms with van der Waals surface area (Å²) in [5, 5.41) is 9.66. The number of pyridine rings is 1. The van der Waals surface area contributed by atoms with E-state index in [2.05, 4.69) is 39.6 Å². The van der Waals surface area contributed by atoms with Gasteiger partial charge < -0.3 is 15.2 Å². The Morgan fingerprint density at radius 1 is 1.36 bits per heavy atom. The maximum atomic E-state index is 12.3. The Morgan fingerprint density at radius 2 is 2.14 bits per heavy atom. The maximum Gasteiger partial charge on any atom is 0.255 e. The first-order chi connectivity index (χ1) is 10.5. The molecule has 2 N–H and O–H groups in total. The van der Waals surface area contributed by atoms with Gasteiger partial charge in [-0.2, -0.15) is 4.98 Å². The second-order valence-corrected chi connectivity index (χ2v) is 5.49. The number of carbonyl (C=O) groups excluding carboxylic acids is 1. The van der Waals surface area contributed by atoms with Crippen molar-refractivity contribution in [2.45, 2.75) is 33.2 Å². The second kappa shape index (κ2) is 7.02. The molecule has 0 aliphatic heterocycles. The number of hydrogen-bond donors (Lipinski definition) is 2. The third-order valence-corrected chi connectivity index (χ3v) is 3.08. The number of aromatic nitrogens is 3. The van der Waals surface area contributed by atoms with Gasteiger partial charge in [0.2, 0.25) is 5.89 Å². The SMILES string of the molecule is CNc1ncccc1C(=O)NC(C)c1nc(CC(C)C)no1. The van der Waals surface area contributed by atoms with Crippen LogP contribution in [-0.2, 0) is 6.42 Å². The minimum Gasteiger partial charge on any atom is -0.372 e. The second-order valence-electron chi connectivity index (χ2n) is 5.49. The maximum absolute atomic E-state index is 12.3. The van der Waals surface area contributed by atoms with Gasteiger partial charge in [0.1, 0.15) is 11.9 Å². The van der Waals surface area contributed by atoms with E-state index in [0.717, 1.165) is 6.42 Å². The highest BCUT2D eigenvalue weighted by molar-refractivity contribution is 5.98. The largest absolute Gasteiger partial charge is 0.372 e. The molecule has 2 heterocycles. The van der Waals surface area contributed by atoms with E-state index in [-0.39, 0.29) is 11.9 Å². The molecule has 0 fully saturated rings. The fraction of sp³-hybridized carbons (Fsp3) is 0.467. The summed E-state index contributed by atoms with van der Waals surface area (Å²) in [6.07, 6.45) is 2.37. The Hall–Kier alpha value is -2.44. The third kappa shape index (κ3) is 3.81. The van der Waals surface area contributed by atoms with E-state index >= 15 is 0 Å². The highest BCUT2D eigenvalue weighted by atomic mass is 16.5. The highest BCUT2D eigenvalue weighted by Crippen LogP contribution is 2.15. The van der Waals surface area contributed by atoms with Crippen LogP contribution in [0.15, 0.2) is 22.9 Å². The smallest absolute Gasteiger partial charge is 0.255 e. The lowest BCUT2D eigenvalue weighted by Gasteiger charge is -2.11. The Kier molecular flexibility index (Phi) is 5.08. The molecule has 0 radical (unpaired) electrons. The van der Waals surface area contributed by atoms with Crippen LogP contribution in [0.25, 0.3) is 0 Å². The lowest BCUT2D eigenvalue weighted by Crippen LogP contribution is -2.27. The van der Waals surface area contributed by atoms with E-state index in [1.807, 2.05) is 0 Å². The van der Waals surface area contributed by atoms with E-state index in [1.165, 1.54) is 0 Å². The van der Waals surface area contributed by atoms with Gasteiger partial charge in [-0.15, -0.1) is 0 Å². The summed E-state index contributed by atoms with van der Waals surface area (Å²) in [6.45, 7) is 5.98. The Labute approximate surface area is 129 Å². The number of carbonyl (C=O) groups is 1. The van der Waals surface area contributed by atoms with Gasteiger partial charge in [-0.3, -0.25) is 4.79 Å². The van der Waals surface area contributed by atoms with Crippen molar-refractivity contribution in [3.8, 4) is 0 Å². The average Bonchev–Trinajstić information content (AvgIpc) is 2.94. The molecule has 0 saturated heterocycles. The molecule has 2 aromatic rings. The zero-order valence-electron chi connectivity index (χ0n) is 13.3. The fourth-order valence-electron chi connectivity index (χ4n) is 2.02. The molecule has 7 nitrogen and oxygen atoms in total. The standard InChI is InChI=1S/C15H21N5O2/c1-9(2)8-12-19-15(22-20-12)10(3)18-14(21)11-6-5-7-17-13(11)16-4/h5-7,9-10H,8H2,1-4H3,(H,16,17)(H,18,21). The molecule has 1 atom stereocenters. The monoisotopic (exact) mass is 303 g/mol. The normalized spacial score (nSPS) is 12.2. The molecule has 7 heteroatoms. The Morgan fingerprint density at radius 3 is 2.82 bits per heavy atom. The summed E-state index contributed by atoms with van der Waals surface area (Å²) in [4.78, 5) is 20.7. The molecule has 2 aromatic heterocycles. The van der Waals surface area contributed by atoms with Crippen LogP contribution in [0.4, 0.5) is 5.82 Å². The van der Waals surface area contributed by atoms with Crippen LogP contribution < -0.4 is 10.6 Å². The van der Waals surface area contributed by atoms with Crippen molar-refractivity contribution in [2.75, 3.05) is 12.4 Å². The first-order valence-electron chi connectivity index (χ1n) is 7.27. The van der Waals surface area contributed by atoms with Gasteiger partial charge in [0, 0.05) is 19.7 Å². The average molecular weight is 303 g/mol. The van der Waals surface area contributed by atoms with Crippen molar-refractivity contribution < 1.29 is 9.32 Å². The van der Waals surface area contributed by atoms with Crippen molar-refractivity contribution >= 4 is 11.7 Å². The van der Waals surface area contributed by atoms with Gasteiger partial charge in [-0.1, -0.05) is 19.0 Å². The zero-order chi connectivity index (χ0) is 16.1. The summed E-state index contributed by atoms with van der Waals surface area (Å²) < 4.78 is 5.21. The fourth-order valence-corrected chi connectivity index (χ4v) is 2.02. The van der Waals surface area contributed by atoms with Gasteiger partial charge >= 0.3 is 0 Å². The minimum absolute atomic E-state index is 0.242. The summed E-state index contributed by atoms with van der Waals surface area (Å²) in [6, 6.07) is 3.05. The number of hydrogen-bond acceptors (Lipinski definition) is 6. The van der Waals surface area contributed by atoms with E-state index in [9.17, 15) is 4.79 Å². The van der Waals surface area contributed by atoms with Crippen molar-refractivity contribution in [2.24, 2.45) is 5.92 Å². The minimum atomic E-state index is -0.370. The van der Waals surface area contributed by atoms with Gasteiger partial charge in [0.25, 0.3) is 5.91 Å². The number of nitrogens with one attached hydrogen (secondary N) is 2. The third-order valence-electron chi connectivity index (χ3n) is 3.08. The Balaban J connectivity index is 2.06. The molecule has 22 heavy (non-hydrogen) atoms. The summed E-state index contributed by atoms with van der Waals surface area (Å²) >= 11 is 0. The molecular formula is C15H21N5O2. The van der Waals surface area contributed by atoms with Gasteiger partial charge in [0.15, 0.2) is 5.82 Å². The van der Waals surface area contributed by atoms with Gasteiger partial charge in [-0.05, 0) is 25.0 Å². The van der Waals surface area contributed by atoms with Gasteiger partial charge in [0.05, 0.1) is 5.56 Å². The molecule has 0 saturated carbocycles. The molecule has 0 aliphatic carbocycles. The van der Waals surface area contributed by atoms with Crippen LogP contribution in [0.1, 0.15) is 48.9 Å². The lowest BCUT2D eigenvalue weighted by atomic mass is 10.1. The van der Waals surface area contributed by atoms with Crippen LogP contribution >= 0.6 is 0 Å². The quantitative estimate of drug-likeness (QED) is 0.849. The number of nitrogens with zero attached hydrogens (tertiary/aromatic N) is 3. The molecule has 2 rings (SSSR count). The first-order valence-corrected chi connectivity index (χ1v) is 7.27. The van der Waals surface area contributed by atoms with E-state index in [0.29, 0.717) is 29.0 Å². The Bertz CT molecular complexity index is 638. The first kappa shape index (κ1) is 15.9. The van der Waals surface area contributed by atoms with Crippen LogP contribution in [0.3, 0.4) is 0 Å². The molecule has 118 valence electrons. The van der Waals surface area contributed by atoms with E-state index in [1.54, 1.807) is 32.3 Å². The van der Waals surface area contributed by atoms with Crippen molar-refractivity contribution in [3.05, 3.63) is 35.6 Å². The molecule has 0 spiro atoms. The molecule has 0 bridgehead atoms. The molecule has 0 aromatic carbocycles. The number of amides is 1. The van der Waals surface area contributed by atoms with Crippen LogP contribution in [0.2, 0.25) is 0 Å². The summed E-state index contributed by atoms with van der Waals surface area (Å²) in [7, 11) is 1.72. The zero-order valence-corrected chi connectivity index (χ0v) is 13.3. The predicted molar refractivity (Wildman–Crippen MR) is 82.5 cm³/mol. The summed E-state index contributed by atoms with van der Waals surface area (Å²) in [5.41, 5.74) is 0.471. The van der Waals surface area contributed by atoms with E-state index < -0.39 is 0 Å². The van der Waals surface area contributed by atoms with Crippen LogP contribution in [-0.4, -0.2) is 28.1 Å². The number of rotatable bonds is 6. The topological polar surface area (TPSA) is 92.9 Å². The highest BCUT2D eigenvalue weighted by Gasteiger charge is 2.19. The van der Waals surface area contributed by atoms with Crippen molar-refractivity contribution in [1.29, 1.82) is 0 Å². The van der Waals surface area contributed by atoms with E-state index in [4.69, 9.17) is 4.52 Å². The van der Waals surface area contributed by atoms with Crippen LogP contribution in [0.5, 0.6) is 0 Å². The van der Waals surface area contributed by atoms with Crippen LogP contribution in [0, 0.1) is 5.92 Å². The number of anilines is 1. The lowest BCUT2D eigenvalue weighted by molar-refractivity contribution is 0.0933. The van der Waals surface area contributed by atoms with Crippen molar-refractivity contribution in [1.82, 2.24) is 20.4 Å². The predicted octanol–water partition coefficient (Wildman–Crippen LogP) is 2.20. The molecular weight excluding hydrogens is 282 g/mol. The van der Waals surface area contributed by atoms with Crippen molar-refractivity contribution in [3.63, 3.8) is 0 Å². The van der Waals surface area contributed by atoms with Gasteiger partial charge in [-0.25, -0.2) is 4.98 Å². The molecule has 1 amide bonds. The summed E-state index contributed by atoms with van der Waals surface area (Å²) in [5.74, 6) is 1.79. The molecule has 1 unspecified atom stereocenters.